The number of aliphatic hydroxyl groups excluding tert-OH is 1. The Hall–Kier alpha value is -2.06. The van der Waals surface area contributed by atoms with E-state index in [9.17, 15) is 9.90 Å². The minimum atomic E-state index is 0.0163. The van der Waals surface area contributed by atoms with Crippen molar-refractivity contribution in [1.82, 2.24) is 0 Å². The fourth-order valence-electron chi connectivity index (χ4n) is 5.73. The maximum Gasteiger partial charge on any atom is 0.170 e. The first kappa shape index (κ1) is 17.1. The molecule has 3 aliphatic carbocycles. The molecule has 27 heavy (non-hydrogen) atoms. The van der Waals surface area contributed by atoms with E-state index in [2.05, 4.69) is 25.1 Å². The Morgan fingerprint density at radius 2 is 1.67 bits per heavy atom. The van der Waals surface area contributed by atoms with Gasteiger partial charge in [0.25, 0.3) is 0 Å². The van der Waals surface area contributed by atoms with Crippen LogP contribution < -0.4 is 0 Å². The van der Waals surface area contributed by atoms with Gasteiger partial charge < -0.3 is 5.11 Å². The molecular weight excluding hydrogens is 356 g/mol. The van der Waals surface area contributed by atoms with E-state index in [4.69, 9.17) is 11.6 Å². The van der Waals surface area contributed by atoms with Crippen molar-refractivity contribution in [3.05, 3.63) is 64.4 Å². The number of allylic oxidation sites excluding steroid dienone is 2. The van der Waals surface area contributed by atoms with Gasteiger partial charge in [0.1, 0.15) is 5.76 Å². The molecule has 2 aromatic carbocycles. The van der Waals surface area contributed by atoms with E-state index < -0.39 is 0 Å². The quantitative estimate of drug-likeness (QED) is 0.702. The Kier molecular flexibility index (Phi) is 3.94. The number of benzene rings is 2. The number of fused-ring (bicyclic) bond motifs is 5. The zero-order valence-corrected chi connectivity index (χ0v) is 16.2. The standard InChI is InChI=1S/C24H23ClO2/c1-2-13-3-4-15(14-7-9-18(25)10-8-14)12-19(13)22-23(26)20-16-5-6-17(11-16)21(20)24(22)27/h3-4,7-10,12,16-17,20-21,26H,2,5-6,11H2,1H3. The van der Waals surface area contributed by atoms with Crippen LogP contribution in [0.3, 0.4) is 0 Å². The Balaban J connectivity index is 1.63. The second-order valence-corrected chi connectivity index (χ2v) is 8.68. The molecule has 5 rings (SSSR count). The first-order valence-corrected chi connectivity index (χ1v) is 10.3. The molecule has 2 fully saturated rings. The predicted molar refractivity (Wildman–Crippen MR) is 109 cm³/mol. The fraction of sp³-hybridized carbons (Fsp3) is 0.375. The molecule has 3 heteroatoms. The molecule has 2 bridgehead atoms. The largest absolute Gasteiger partial charge is 0.511 e. The van der Waals surface area contributed by atoms with E-state index in [1.54, 1.807) is 0 Å². The summed E-state index contributed by atoms with van der Waals surface area (Å²) in [6.07, 6.45) is 4.25. The SMILES string of the molecule is CCc1ccc(-c2ccc(Cl)cc2)cc1C1=C(O)C2C3CCC(C3)C2C1=O. The molecule has 0 saturated heterocycles. The average molecular weight is 379 g/mol. The van der Waals surface area contributed by atoms with Crippen LogP contribution in [0.1, 0.15) is 37.3 Å². The summed E-state index contributed by atoms with van der Waals surface area (Å²) in [4.78, 5) is 13.3. The van der Waals surface area contributed by atoms with E-state index in [-0.39, 0.29) is 17.6 Å². The van der Waals surface area contributed by atoms with E-state index >= 15 is 0 Å². The molecule has 2 nitrogen and oxygen atoms in total. The topological polar surface area (TPSA) is 37.3 Å². The van der Waals surface area contributed by atoms with Crippen LogP contribution in [0.2, 0.25) is 5.02 Å². The molecule has 3 aliphatic rings. The minimum absolute atomic E-state index is 0.0163. The molecule has 4 atom stereocenters. The smallest absolute Gasteiger partial charge is 0.170 e. The lowest BCUT2D eigenvalue weighted by atomic mass is 9.80. The van der Waals surface area contributed by atoms with Crippen LogP contribution in [0.4, 0.5) is 0 Å². The van der Waals surface area contributed by atoms with Gasteiger partial charge in [0.15, 0.2) is 5.78 Å². The molecule has 0 amide bonds. The summed E-state index contributed by atoms with van der Waals surface area (Å²) in [6, 6.07) is 14.0. The number of rotatable bonds is 3. The van der Waals surface area contributed by atoms with Crippen LogP contribution in [0.25, 0.3) is 16.7 Å². The van der Waals surface area contributed by atoms with Gasteiger partial charge in [-0.25, -0.2) is 0 Å². The molecule has 1 N–H and O–H groups in total. The van der Waals surface area contributed by atoms with Crippen molar-refractivity contribution in [2.45, 2.75) is 32.6 Å². The molecule has 0 spiro atoms. The average Bonchev–Trinajstić information content (AvgIpc) is 3.36. The molecule has 4 unspecified atom stereocenters. The highest BCUT2D eigenvalue weighted by atomic mass is 35.5. The van der Waals surface area contributed by atoms with Crippen molar-refractivity contribution in [3.63, 3.8) is 0 Å². The Morgan fingerprint density at radius 3 is 2.33 bits per heavy atom. The Morgan fingerprint density at radius 1 is 1.00 bits per heavy atom. The predicted octanol–water partition coefficient (Wildman–Crippen LogP) is 6.08. The highest BCUT2D eigenvalue weighted by molar-refractivity contribution is 6.30. The maximum atomic E-state index is 13.3. The van der Waals surface area contributed by atoms with Gasteiger partial charge in [0.2, 0.25) is 0 Å². The number of halogens is 1. The van der Waals surface area contributed by atoms with Crippen molar-refractivity contribution in [3.8, 4) is 11.1 Å². The lowest BCUT2D eigenvalue weighted by Gasteiger charge is -2.23. The summed E-state index contributed by atoms with van der Waals surface area (Å²) >= 11 is 6.02. The van der Waals surface area contributed by atoms with Crippen molar-refractivity contribution in [2.24, 2.45) is 23.7 Å². The number of carbonyl (C=O) groups is 1. The molecule has 0 heterocycles. The third-order valence-corrected chi connectivity index (χ3v) is 7.23. The molecule has 138 valence electrons. The number of aryl methyl sites for hydroxylation is 1. The van der Waals surface area contributed by atoms with Gasteiger partial charge in [-0.1, -0.05) is 42.8 Å². The second-order valence-electron chi connectivity index (χ2n) is 8.24. The van der Waals surface area contributed by atoms with Crippen LogP contribution in [0, 0.1) is 23.7 Å². The van der Waals surface area contributed by atoms with Crippen molar-refractivity contribution >= 4 is 23.0 Å². The number of hydrogen-bond acceptors (Lipinski definition) is 2. The van der Waals surface area contributed by atoms with Gasteiger partial charge in [-0.2, -0.15) is 0 Å². The summed E-state index contributed by atoms with van der Waals surface area (Å²) in [7, 11) is 0. The normalized spacial score (nSPS) is 28.9. The summed E-state index contributed by atoms with van der Waals surface area (Å²) in [5.74, 6) is 1.58. The molecule has 0 aromatic heterocycles. The zero-order chi connectivity index (χ0) is 18.7. The van der Waals surface area contributed by atoms with Crippen LogP contribution in [0.15, 0.2) is 48.2 Å². The number of Topliss-reactive ketones (excluding diaryl/α,β-unsaturated/α-hetero) is 1. The van der Waals surface area contributed by atoms with Crippen LogP contribution in [-0.2, 0) is 11.2 Å². The highest BCUT2D eigenvalue weighted by Crippen LogP contribution is 2.60. The van der Waals surface area contributed by atoms with Gasteiger partial charge in [-0.05, 0) is 78.0 Å². The van der Waals surface area contributed by atoms with Crippen LogP contribution >= 0.6 is 11.6 Å². The van der Waals surface area contributed by atoms with Crippen molar-refractivity contribution in [1.29, 1.82) is 0 Å². The van der Waals surface area contributed by atoms with E-state index in [0.717, 1.165) is 47.9 Å². The summed E-state index contributed by atoms with van der Waals surface area (Å²) in [5, 5.41) is 11.8. The fourth-order valence-corrected chi connectivity index (χ4v) is 5.86. The molecule has 2 saturated carbocycles. The zero-order valence-electron chi connectivity index (χ0n) is 15.4. The van der Waals surface area contributed by atoms with Gasteiger partial charge in [-0.3, -0.25) is 4.79 Å². The molecule has 0 radical (unpaired) electrons. The molecule has 0 aliphatic heterocycles. The third kappa shape index (κ3) is 2.50. The van der Waals surface area contributed by atoms with Crippen LogP contribution in [-0.4, -0.2) is 10.9 Å². The van der Waals surface area contributed by atoms with Gasteiger partial charge >= 0.3 is 0 Å². The highest BCUT2D eigenvalue weighted by Gasteiger charge is 2.57. The first-order chi connectivity index (χ1) is 13.1. The summed E-state index contributed by atoms with van der Waals surface area (Å²) in [6.45, 7) is 2.10. The van der Waals surface area contributed by atoms with Crippen molar-refractivity contribution in [2.75, 3.05) is 0 Å². The molecule has 2 aromatic rings. The minimum Gasteiger partial charge on any atom is -0.511 e. The maximum absolute atomic E-state index is 13.3. The number of aliphatic hydroxyl groups is 1. The van der Waals surface area contributed by atoms with Gasteiger partial charge in [0, 0.05) is 16.9 Å². The Labute approximate surface area is 164 Å². The summed E-state index contributed by atoms with van der Waals surface area (Å²) < 4.78 is 0. The Bertz CT molecular complexity index is 957. The van der Waals surface area contributed by atoms with Crippen LogP contribution in [0.5, 0.6) is 0 Å². The van der Waals surface area contributed by atoms with E-state index in [1.807, 2.05) is 24.3 Å². The second kappa shape index (κ2) is 6.24. The monoisotopic (exact) mass is 378 g/mol. The van der Waals surface area contributed by atoms with Gasteiger partial charge in [-0.15, -0.1) is 0 Å². The number of ketones is 1. The van der Waals surface area contributed by atoms with Crippen molar-refractivity contribution < 1.29 is 9.90 Å². The third-order valence-electron chi connectivity index (χ3n) is 6.98. The summed E-state index contributed by atoms with van der Waals surface area (Å²) in [5.41, 5.74) is 4.74. The molecular formula is C24H23ClO2. The first-order valence-electron chi connectivity index (χ1n) is 9.95. The number of hydrogen-bond donors (Lipinski definition) is 1. The van der Waals surface area contributed by atoms with E-state index in [0.29, 0.717) is 28.2 Å². The lowest BCUT2D eigenvalue weighted by molar-refractivity contribution is -0.118. The lowest BCUT2D eigenvalue weighted by Crippen LogP contribution is -2.24. The van der Waals surface area contributed by atoms with E-state index in [1.165, 1.54) is 0 Å². The van der Waals surface area contributed by atoms with Gasteiger partial charge in [0.05, 0.1) is 5.57 Å². The number of carbonyl (C=O) groups excluding carboxylic acids is 1.